The van der Waals surface area contributed by atoms with Crippen LogP contribution in [0.1, 0.15) is 26.2 Å². The first kappa shape index (κ1) is 23.0. The molecule has 0 spiro atoms. The highest BCUT2D eigenvalue weighted by Gasteiger charge is 2.51. The molecule has 0 saturated heterocycles. The Hall–Kier alpha value is -0.970. The van der Waals surface area contributed by atoms with Crippen LogP contribution in [0.15, 0.2) is 11.6 Å². The van der Waals surface area contributed by atoms with Crippen LogP contribution in [0.2, 0.25) is 0 Å². The van der Waals surface area contributed by atoms with Crippen molar-refractivity contribution in [3.05, 3.63) is 11.6 Å². The zero-order chi connectivity index (χ0) is 19.4. The molecule has 142 valence electrons. The van der Waals surface area contributed by atoms with Gasteiger partial charge in [0.15, 0.2) is 9.84 Å². The van der Waals surface area contributed by atoms with Crippen LogP contribution in [0.4, 0.5) is 26.3 Å². The van der Waals surface area contributed by atoms with Crippen molar-refractivity contribution in [3.8, 4) is 0 Å². The number of methoxy groups -OCH3 is 1. The van der Waals surface area contributed by atoms with Crippen LogP contribution in [-0.2, 0) is 19.4 Å². The fourth-order valence-electron chi connectivity index (χ4n) is 1.62. The smallest absolute Gasteiger partial charge is 0.412 e. The van der Waals surface area contributed by atoms with Gasteiger partial charge in [0.25, 0.3) is 0 Å². The normalized spacial score (nSPS) is 16.6. The Morgan fingerprint density at radius 3 is 2.00 bits per heavy atom. The number of halogens is 7. The van der Waals surface area contributed by atoms with Crippen molar-refractivity contribution >= 4 is 27.4 Å². The average molecular weight is 405 g/mol. The van der Waals surface area contributed by atoms with Crippen LogP contribution in [-0.4, -0.2) is 43.8 Å². The van der Waals surface area contributed by atoms with Crippen LogP contribution in [0, 0.1) is 0 Å². The Bertz CT molecular complexity index is 581. The molecule has 0 N–H and O–H groups in total. The van der Waals surface area contributed by atoms with Gasteiger partial charge in [-0.15, -0.1) is 0 Å². The maximum absolute atomic E-state index is 12.7. The summed E-state index contributed by atoms with van der Waals surface area (Å²) in [6.45, 7) is 1.13. The lowest BCUT2D eigenvalue weighted by Crippen LogP contribution is -2.44. The molecule has 1 atom stereocenters. The second kappa shape index (κ2) is 7.94. The van der Waals surface area contributed by atoms with E-state index in [-0.39, 0.29) is 0 Å². The number of rotatable bonds is 7. The highest BCUT2D eigenvalue weighted by atomic mass is 35.5. The van der Waals surface area contributed by atoms with Gasteiger partial charge < -0.3 is 4.74 Å². The zero-order valence-corrected chi connectivity index (χ0v) is 14.2. The summed E-state index contributed by atoms with van der Waals surface area (Å²) in [6.07, 6.45) is -12.8. The number of hydrogen-bond donors (Lipinski definition) is 0. The van der Waals surface area contributed by atoms with Crippen molar-refractivity contribution in [1.29, 1.82) is 0 Å². The Labute approximate surface area is 139 Å². The molecule has 0 rings (SSSR count). The molecule has 0 radical (unpaired) electrons. The first-order valence-corrected chi connectivity index (χ1v) is 8.46. The fraction of sp³-hybridized carbons (Fsp3) is 0.750. The van der Waals surface area contributed by atoms with Gasteiger partial charge in [0.05, 0.1) is 19.3 Å². The lowest BCUT2D eigenvalue weighted by Gasteiger charge is -2.24. The summed E-state index contributed by atoms with van der Waals surface area (Å²) in [4.78, 5) is 11.6. The largest absolute Gasteiger partial charge is 0.467 e. The number of alkyl halides is 7. The highest BCUT2D eigenvalue weighted by Crippen LogP contribution is 2.35. The van der Waals surface area contributed by atoms with E-state index in [4.69, 9.17) is 11.6 Å². The van der Waals surface area contributed by atoms with Crippen molar-refractivity contribution < 1.29 is 44.3 Å². The van der Waals surface area contributed by atoms with E-state index in [1.54, 1.807) is 0 Å². The Kier molecular flexibility index (Phi) is 7.62. The van der Waals surface area contributed by atoms with Gasteiger partial charge in [-0.05, 0) is 6.42 Å². The van der Waals surface area contributed by atoms with Gasteiger partial charge in [0.2, 0.25) is 4.21 Å². The third-order valence-corrected chi connectivity index (χ3v) is 6.07. The van der Waals surface area contributed by atoms with Crippen molar-refractivity contribution in [2.45, 2.75) is 42.7 Å². The van der Waals surface area contributed by atoms with Gasteiger partial charge in [-0.3, -0.25) is 0 Å². The zero-order valence-electron chi connectivity index (χ0n) is 12.6. The third-order valence-electron chi connectivity index (χ3n) is 2.99. The minimum atomic E-state index is -4.96. The topological polar surface area (TPSA) is 60.4 Å². The Morgan fingerprint density at radius 2 is 1.67 bits per heavy atom. The van der Waals surface area contributed by atoms with E-state index in [0.717, 1.165) is 6.92 Å². The molecule has 0 amide bonds. The summed E-state index contributed by atoms with van der Waals surface area (Å²) in [7, 11) is -4.24. The van der Waals surface area contributed by atoms with E-state index >= 15 is 0 Å². The Balaban J connectivity index is 5.74. The average Bonchev–Trinajstić information content (AvgIpc) is 2.42. The van der Waals surface area contributed by atoms with E-state index in [9.17, 15) is 39.6 Å². The molecule has 0 aliphatic rings. The number of sulfone groups is 1. The van der Waals surface area contributed by atoms with Crippen molar-refractivity contribution in [2.24, 2.45) is 0 Å². The number of carbonyl (C=O) groups is 1. The van der Waals surface area contributed by atoms with Crippen molar-refractivity contribution in [3.63, 3.8) is 0 Å². The quantitative estimate of drug-likeness (QED) is 0.281. The molecular formula is C12H15ClF6O4S. The summed E-state index contributed by atoms with van der Waals surface area (Å²) in [6, 6.07) is 0. The summed E-state index contributed by atoms with van der Waals surface area (Å²) in [5, 5.41) is 0. The predicted octanol–water partition coefficient (Wildman–Crippen LogP) is 3.75. The number of hydrogen-bond acceptors (Lipinski definition) is 4. The molecule has 0 aromatic rings. The molecule has 24 heavy (non-hydrogen) atoms. The second-order valence-electron chi connectivity index (χ2n) is 4.69. The molecule has 0 bridgehead atoms. The Morgan fingerprint density at radius 1 is 1.17 bits per heavy atom. The molecule has 0 aliphatic carbocycles. The van der Waals surface area contributed by atoms with E-state index in [1.165, 1.54) is 0 Å². The summed E-state index contributed by atoms with van der Waals surface area (Å²) in [5.74, 6) is -3.21. The molecule has 0 saturated carbocycles. The molecule has 0 aliphatic heterocycles. The second-order valence-corrected chi connectivity index (χ2v) is 7.89. The van der Waals surface area contributed by atoms with Crippen molar-refractivity contribution in [2.75, 3.05) is 12.9 Å². The van der Waals surface area contributed by atoms with Gasteiger partial charge >= 0.3 is 18.3 Å². The lowest BCUT2D eigenvalue weighted by molar-refractivity contribution is -0.141. The first-order chi connectivity index (χ1) is 10.6. The number of carbonyl (C=O) groups excluding carboxylic acids is 1. The molecule has 1 unspecified atom stereocenters. The van der Waals surface area contributed by atoms with Crippen LogP contribution in [0.5, 0.6) is 0 Å². The molecule has 0 fully saturated rings. The third kappa shape index (κ3) is 6.15. The van der Waals surface area contributed by atoms with Crippen LogP contribution in [0.25, 0.3) is 0 Å². The molecular weight excluding hydrogens is 390 g/mol. The molecule has 0 aromatic carbocycles. The number of esters is 1. The SMILES string of the molecule is CC/C(=C/CC(Cl)(C(=O)OC)S(=O)(=O)CCC(F)(F)F)C(F)(F)F. The highest BCUT2D eigenvalue weighted by molar-refractivity contribution is 7.95. The van der Waals surface area contributed by atoms with Gasteiger partial charge in [0, 0.05) is 12.0 Å². The molecule has 0 aromatic heterocycles. The van der Waals surface area contributed by atoms with E-state index in [0.29, 0.717) is 13.2 Å². The molecule has 12 heteroatoms. The summed E-state index contributed by atoms with van der Waals surface area (Å²) < 4.78 is 99.6. The molecule has 4 nitrogen and oxygen atoms in total. The first-order valence-electron chi connectivity index (χ1n) is 6.43. The summed E-state index contributed by atoms with van der Waals surface area (Å²) >= 11 is 5.62. The number of ether oxygens (including phenoxy) is 1. The van der Waals surface area contributed by atoms with E-state index < -0.39 is 63.0 Å². The predicted molar refractivity (Wildman–Crippen MR) is 74.1 cm³/mol. The van der Waals surface area contributed by atoms with Gasteiger partial charge in [-0.1, -0.05) is 24.6 Å². The van der Waals surface area contributed by atoms with E-state index in [2.05, 4.69) is 4.74 Å². The number of allylic oxidation sites excluding steroid dienone is 2. The maximum atomic E-state index is 12.7. The van der Waals surface area contributed by atoms with Crippen LogP contribution >= 0.6 is 11.6 Å². The summed E-state index contributed by atoms with van der Waals surface area (Å²) in [5.41, 5.74) is -1.16. The maximum Gasteiger partial charge on any atom is 0.412 e. The van der Waals surface area contributed by atoms with Gasteiger partial charge in [-0.25, -0.2) is 13.2 Å². The van der Waals surface area contributed by atoms with Gasteiger partial charge in [0.1, 0.15) is 0 Å². The molecule has 0 heterocycles. The standard InChI is InChI=1S/C12H15ClF6O4S/c1-3-8(12(17,18)19)4-5-10(13,9(20)23-2)24(21,22)7-6-11(14,15)16/h4H,3,5-7H2,1-2H3/b8-4-. The minimum Gasteiger partial charge on any atom is -0.467 e. The van der Waals surface area contributed by atoms with Crippen molar-refractivity contribution in [1.82, 2.24) is 0 Å². The monoisotopic (exact) mass is 404 g/mol. The van der Waals surface area contributed by atoms with E-state index in [1.807, 2.05) is 0 Å². The van der Waals surface area contributed by atoms with Gasteiger partial charge in [-0.2, -0.15) is 26.3 Å². The van der Waals surface area contributed by atoms with Crippen LogP contribution < -0.4 is 0 Å². The minimum absolute atomic E-state index is 0.370. The van der Waals surface area contributed by atoms with Crippen LogP contribution in [0.3, 0.4) is 0 Å². The fourth-order valence-corrected chi connectivity index (χ4v) is 3.50. The lowest BCUT2D eigenvalue weighted by atomic mass is 10.1.